The van der Waals surface area contributed by atoms with Crippen molar-refractivity contribution < 1.29 is 4.79 Å². The van der Waals surface area contributed by atoms with Crippen molar-refractivity contribution in [1.29, 1.82) is 0 Å². The highest BCUT2D eigenvalue weighted by atomic mass is 16.2. The lowest BCUT2D eigenvalue weighted by Crippen LogP contribution is -2.43. The molecule has 0 unspecified atom stereocenters. The summed E-state index contributed by atoms with van der Waals surface area (Å²) in [6, 6.07) is 16.6. The molecule has 0 aliphatic carbocycles. The number of aromatic nitrogens is 2. The van der Waals surface area contributed by atoms with Crippen LogP contribution in [0, 0.1) is 6.92 Å². The average molecular weight is 349 g/mol. The van der Waals surface area contributed by atoms with Gasteiger partial charge in [-0.25, -0.2) is 4.98 Å². The second-order valence-electron chi connectivity index (χ2n) is 7.36. The molecule has 1 amide bonds. The summed E-state index contributed by atoms with van der Waals surface area (Å²) >= 11 is 0. The molecule has 0 aliphatic rings. The van der Waals surface area contributed by atoms with Gasteiger partial charge >= 0.3 is 0 Å². The van der Waals surface area contributed by atoms with Gasteiger partial charge in [0.15, 0.2) is 0 Å². The number of para-hydroxylation sites is 2. The van der Waals surface area contributed by atoms with Crippen molar-refractivity contribution in [3.8, 4) is 11.4 Å². The lowest BCUT2D eigenvalue weighted by molar-refractivity contribution is -0.135. The lowest BCUT2D eigenvalue weighted by atomic mass is 10.1. The second kappa shape index (κ2) is 7.32. The van der Waals surface area contributed by atoms with Crippen molar-refractivity contribution in [2.75, 3.05) is 0 Å². The molecule has 4 nitrogen and oxygen atoms in total. The van der Waals surface area contributed by atoms with E-state index < -0.39 is 0 Å². The zero-order valence-corrected chi connectivity index (χ0v) is 16.2. The van der Waals surface area contributed by atoms with Crippen molar-refractivity contribution in [2.24, 2.45) is 0 Å². The summed E-state index contributed by atoms with van der Waals surface area (Å²) < 4.78 is 2.04. The summed E-state index contributed by atoms with van der Waals surface area (Å²) in [6.45, 7) is 10.6. The molecule has 3 aromatic rings. The number of carbonyl (C=O) groups is 1. The van der Waals surface area contributed by atoms with Crippen LogP contribution in [-0.2, 0) is 11.3 Å². The summed E-state index contributed by atoms with van der Waals surface area (Å²) in [5.41, 5.74) is 4.14. The minimum Gasteiger partial charge on any atom is -0.336 e. The van der Waals surface area contributed by atoms with Crippen LogP contribution in [0.25, 0.3) is 22.4 Å². The van der Waals surface area contributed by atoms with E-state index in [1.54, 1.807) is 0 Å². The van der Waals surface area contributed by atoms with E-state index in [2.05, 4.69) is 58.9 Å². The van der Waals surface area contributed by atoms with Gasteiger partial charge in [0, 0.05) is 17.6 Å². The summed E-state index contributed by atoms with van der Waals surface area (Å²) in [7, 11) is 0. The van der Waals surface area contributed by atoms with Crippen LogP contribution < -0.4 is 0 Å². The number of fused-ring (bicyclic) bond motifs is 1. The zero-order chi connectivity index (χ0) is 18.8. The number of aryl methyl sites for hydroxylation is 1. The number of benzene rings is 2. The van der Waals surface area contributed by atoms with Crippen molar-refractivity contribution in [1.82, 2.24) is 14.5 Å². The van der Waals surface area contributed by atoms with Gasteiger partial charge in [-0.1, -0.05) is 42.0 Å². The molecular formula is C22H27N3O. The minimum atomic E-state index is 0.117. The standard InChI is InChI=1S/C22H27N3O/c1-15(2)25(16(3)4)21(26)14-24-20-9-7-6-8-19(20)23-22(24)18-12-10-17(5)11-13-18/h6-13,15-16H,14H2,1-5H3. The molecule has 0 radical (unpaired) electrons. The molecule has 0 N–H and O–H groups in total. The maximum Gasteiger partial charge on any atom is 0.243 e. The third-order valence-corrected chi connectivity index (χ3v) is 4.66. The number of amides is 1. The van der Waals surface area contributed by atoms with Gasteiger partial charge in [-0.3, -0.25) is 4.79 Å². The molecule has 0 bridgehead atoms. The van der Waals surface area contributed by atoms with Crippen LogP contribution in [0.5, 0.6) is 0 Å². The van der Waals surface area contributed by atoms with E-state index in [1.807, 2.05) is 33.7 Å². The van der Waals surface area contributed by atoms with Crippen molar-refractivity contribution >= 4 is 16.9 Å². The number of nitrogens with zero attached hydrogens (tertiary/aromatic N) is 3. The number of imidazole rings is 1. The Hall–Kier alpha value is -2.62. The van der Waals surface area contributed by atoms with Crippen LogP contribution in [0.2, 0.25) is 0 Å². The zero-order valence-electron chi connectivity index (χ0n) is 16.2. The first-order valence-corrected chi connectivity index (χ1v) is 9.22. The Kier molecular flexibility index (Phi) is 5.12. The Morgan fingerprint density at radius 3 is 2.23 bits per heavy atom. The van der Waals surface area contributed by atoms with Crippen LogP contribution in [0.4, 0.5) is 0 Å². The molecule has 1 aromatic heterocycles. The van der Waals surface area contributed by atoms with Gasteiger partial charge in [-0.2, -0.15) is 0 Å². The van der Waals surface area contributed by atoms with Crippen molar-refractivity contribution in [3.63, 3.8) is 0 Å². The molecule has 0 atom stereocenters. The van der Waals surface area contributed by atoms with Crippen LogP contribution in [-0.4, -0.2) is 32.4 Å². The Morgan fingerprint density at radius 1 is 1.00 bits per heavy atom. The van der Waals surface area contributed by atoms with Crippen molar-refractivity contribution in [3.05, 3.63) is 54.1 Å². The van der Waals surface area contributed by atoms with Crippen LogP contribution >= 0.6 is 0 Å². The lowest BCUT2D eigenvalue weighted by Gasteiger charge is -2.31. The average Bonchev–Trinajstić information content (AvgIpc) is 2.93. The molecule has 136 valence electrons. The smallest absolute Gasteiger partial charge is 0.243 e. The molecule has 0 aliphatic heterocycles. The maximum absolute atomic E-state index is 13.1. The van der Waals surface area contributed by atoms with E-state index in [0.29, 0.717) is 6.54 Å². The first-order valence-electron chi connectivity index (χ1n) is 9.22. The Balaban J connectivity index is 2.07. The fraction of sp³-hybridized carbons (Fsp3) is 0.364. The molecule has 3 rings (SSSR count). The van der Waals surface area contributed by atoms with E-state index in [0.717, 1.165) is 22.4 Å². The topological polar surface area (TPSA) is 38.1 Å². The molecule has 2 aromatic carbocycles. The fourth-order valence-corrected chi connectivity index (χ4v) is 3.55. The number of hydrogen-bond acceptors (Lipinski definition) is 2. The molecule has 0 spiro atoms. The SMILES string of the molecule is Cc1ccc(-c2nc3ccccc3n2CC(=O)N(C(C)C)C(C)C)cc1. The maximum atomic E-state index is 13.1. The quantitative estimate of drug-likeness (QED) is 0.672. The van der Waals surface area contributed by atoms with Gasteiger partial charge in [0.1, 0.15) is 12.4 Å². The van der Waals surface area contributed by atoms with Gasteiger partial charge in [0.05, 0.1) is 11.0 Å². The van der Waals surface area contributed by atoms with Crippen LogP contribution in [0.15, 0.2) is 48.5 Å². The minimum absolute atomic E-state index is 0.117. The largest absolute Gasteiger partial charge is 0.336 e. The van der Waals surface area contributed by atoms with Crippen LogP contribution in [0.3, 0.4) is 0 Å². The Bertz CT molecular complexity index is 899. The summed E-state index contributed by atoms with van der Waals surface area (Å²) in [6.07, 6.45) is 0. The summed E-state index contributed by atoms with van der Waals surface area (Å²) in [4.78, 5) is 19.8. The highest BCUT2D eigenvalue weighted by molar-refractivity contribution is 5.84. The van der Waals surface area contributed by atoms with E-state index in [-0.39, 0.29) is 18.0 Å². The van der Waals surface area contributed by atoms with Crippen molar-refractivity contribution in [2.45, 2.75) is 53.2 Å². The van der Waals surface area contributed by atoms with E-state index in [9.17, 15) is 4.79 Å². The highest BCUT2D eigenvalue weighted by Crippen LogP contribution is 2.25. The first-order chi connectivity index (χ1) is 12.4. The molecular weight excluding hydrogens is 322 g/mol. The number of carbonyl (C=O) groups excluding carboxylic acids is 1. The first kappa shape index (κ1) is 18.2. The van der Waals surface area contributed by atoms with Gasteiger partial charge in [0.2, 0.25) is 5.91 Å². The molecule has 0 saturated heterocycles. The number of hydrogen-bond donors (Lipinski definition) is 0. The molecule has 1 heterocycles. The van der Waals surface area contributed by atoms with Gasteiger partial charge in [-0.15, -0.1) is 0 Å². The fourth-order valence-electron chi connectivity index (χ4n) is 3.55. The Labute approximate surface area is 155 Å². The van der Waals surface area contributed by atoms with Crippen LogP contribution in [0.1, 0.15) is 33.3 Å². The molecule has 0 saturated carbocycles. The normalized spacial score (nSPS) is 11.5. The van der Waals surface area contributed by atoms with Gasteiger partial charge in [-0.05, 0) is 46.8 Å². The Morgan fingerprint density at radius 2 is 1.62 bits per heavy atom. The molecule has 0 fully saturated rings. The highest BCUT2D eigenvalue weighted by Gasteiger charge is 2.22. The van der Waals surface area contributed by atoms with E-state index in [4.69, 9.17) is 4.98 Å². The monoisotopic (exact) mass is 349 g/mol. The second-order valence-corrected chi connectivity index (χ2v) is 7.36. The molecule has 4 heteroatoms. The third-order valence-electron chi connectivity index (χ3n) is 4.66. The summed E-state index contributed by atoms with van der Waals surface area (Å²) in [5, 5.41) is 0. The van der Waals surface area contributed by atoms with Gasteiger partial charge < -0.3 is 9.47 Å². The third kappa shape index (κ3) is 3.50. The summed E-state index contributed by atoms with van der Waals surface area (Å²) in [5.74, 6) is 0.957. The number of rotatable bonds is 5. The predicted octanol–water partition coefficient (Wildman–Crippen LogP) is 4.66. The predicted molar refractivity (Wildman–Crippen MR) is 107 cm³/mol. The molecule has 26 heavy (non-hydrogen) atoms. The van der Waals surface area contributed by atoms with Gasteiger partial charge in [0.25, 0.3) is 0 Å². The van der Waals surface area contributed by atoms with E-state index in [1.165, 1.54) is 5.56 Å². The van der Waals surface area contributed by atoms with E-state index >= 15 is 0 Å².